The molecule has 19 heavy (non-hydrogen) atoms. The van der Waals surface area contributed by atoms with Crippen molar-refractivity contribution in [2.75, 3.05) is 26.2 Å². The van der Waals surface area contributed by atoms with E-state index in [1.54, 1.807) is 10.9 Å². The highest BCUT2D eigenvalue weighted by Gasteiger charge is 2.08. The van der Waals surface area contributed by atoms with Gasteiger partial charge in [-0.25, -0.2) is 0 Å². The van der Waals surface area contributed by atoms with E-state index in [1.165, 1.54) is 0 Å². The predicted molar refractivity (Wildman–Crippen MR) is 77.4 cm³/mol. The molecule has 0 unspecified atom stereocenters. The van der Waals surface area contributed by atoms with Crippen molar-refractivity contribution in [2.24, 2.45) is 0 Å². The van der Waals surface area contributed by atoms with Crippen LogP contribution in [0.15, 0.2) is 6.20 Å². The Morgan fingerprint density at radius 3 is 2.68 bits per heavy atom. The maximum absolute atomic E-state index is 11.7. The molecule has 0 aliphatic rings. The molecule has 108 valence electrons. The summed E-state index contributed by atoms with van der Waals surface area (Å²) in [6.07, 6.45) is 2.52. The van der Waals surface area contributed by atoms with E-state index < -0.39 is 0 Å². The average molecular weight is 287 g/mol. The summed E-state index contributed by atoms with van der Waals surface area (Å²) < 4.78 is 1.61. The number of nitrogens with one attached hydrogen (secondary N) is 1. The molecule has 1 rings (SSSR count). The van der Waals surface area contributed by atoms with Gasteiger partial charge >= 0.3 is 0 Å². The first-order valence-electron chi connectivity index (χ1n) is 6.75. The summed E-state index contributed by atoms with van der Waals surface area (Å²) in [4.78, 5) is 14.1. The molecule has 1 aromatic rings. The van der Waals surface area contributed by atoms with Crippen molar-refractivity contribution in [3.63, 3.8) is 0 Å². The van der Waals surface area contributed by atoms with Crippen molar-refractivity contribution in [1.29, 1.82) is 0 Å². The molecule has 0 saturated carbocycles. The topological polar surface area (TPSA) is 50.2 Å². The van der Waals surface area contributed by atoms with Crippen LogP contribution in [0.2, 0.25) is 5.02 Å². The second kappa shape index (κ2) is 8.17. The van der Waals surface area contributed by atoms with Crippen LogP contribution >= 0.6 is 11.6 Å². The molecule has 0 fully saturated rings. The quantitative estimate of drug-likeness (QED) is 0.740. The fourth-order valence-corrected chi connectivity index (χ4v) is 1.99. The summed E-state index contributed by atoms with van der Waals surface area (Å²) in [7, 11) is 0. The molecule has 6 heteroatoms. The van der Waals surface area contributed by atoms with Gasteiger partial charge in [-0.2, -0.15) is 5.10 Å². The maximum atomic E-state index is 11.7. The van der Waals surface area contributed by atoms with E-state index in [-0.39, 0.29) is 12.5 Å². The summed E-state index contributed by atoms with van der Waals surface area (Å²) in [6.45, 7) is 10.2. The summed E-state index contributed by atoms with van der Waals surface area (Å²) >= 11 is 5.89. The molecular weight excluding hydrogens is 264 g/mol. The first-order chi connectivity index (χ1) is 9.08. The van der Waals surface area contributed by atoms with Crippen molar-refractivity contribution >= 4 is 17.5 Å². The number of carbonyl (C=O) groups is 1. The van der Waals surface area contributed by atoms with Gasteiger partial charge in [-0.1, -0.05) is 25.4 Å². The van der Waals surface area contributed by atoms with E-state index in [0.717, 1.165) is 31.7 Å². The minimum Gasteiger partial charge on any atom is -0.354 e. The van der Waals surface area contributed by atoms with Crippen molar-refractivity contribution in [1.82, 2.24) is 20.0 Å². The highest BCUT2D eigenvalue weighted by atomic mass is 35.5. The molecule has 0 radical (unpaired) electrons. The summed E-state index contributed by atoms with van der Waals surface area (Å²) in [5.41, 5.74) is 0.819. The van der Waals surface area contributed by atoms with Gasteiger partial charge < -0.3 is 10.2 Å². The summed E-state index contributed by atoms with van der Waals surface area (Å²) in [6, 6.07) is 0. The maximum Gasteiger partial charge on any atom is 0.241 e. The zero-order valence-corrected chi connectivity index (χ0v) is 12.7. The number of carbonyl (C=O) groups excluding carboxylic acids is 1. The SMILES string of the molecule is CCN(CC)CCCNC(=O)Cn1ncc(Cl)c1C. The van der Waals surface area contributed by atoms with Crippen molar-refractivity contribution in [3.05, 3.63) is 16.9 Å². The molecule has 0 aliphatic carbocycles. The fraction of sp³-hybridized carbons (Fsp3) is 0.692. The molecule has 0 atom stereocenters. The van der Waals surface area contributed by atoms with Gasteiger partial charge in [-0.3, -0.25) is 9.48 Å². The third-order valence-electron chi connectivity index (χ3n) is 3.20. The third-order valence-corrected chi connectivity index (χ3v) is 3.58. The van der Waals surface area contributed by atoms with Crippen LogP contribution in [0.4, 0.5) is 0 Å². The lowest BCUT2D eigenvalue weighted by Gasteiger charge is -2.17. The number of amides is 1. The molecule has 0 aromatic carbocycles. The van der Waals surface area contributed by atoms with Crippen LogP contribution in [0.5, 0.6) is 0 Å². The minimum atomic E-state index is -0.0255. The highest BCUT2D eigenvalue weighted by Crippen LogP contribution is 2.12. The van der Waals surface area contributed by atoms with E-state index in [0.29, 0.717) is 11.6 Å². The van der Waals surface area contributed by atoms with Crippen LogP contribution in [-0.2, 0) is 11.3 Å². The van der Waals surface area contributed by atoms with Crippen molar-refractivity contribution < 1.29 is 4.79 Å². The molecule has 5 nitrogen and oxygen atoms in total. The zero-order chi connectivity index (χ0) is 14.3. The Balaban J connectivity index is 2.23. The molecule has 0 aliphatic heterocycles. The van der Waals surface area contributed by atoms with Crippen LogP contribution < -0.4 is 5.32 Å². The van der Waals surface area contributed by atoms with Gasteiger partial charge in [0.25, 0.3) is 0 Å². The minimum absolute atomic E-state index is 0.0255. The van der Waals surface area contributed by atoms with Crippen LogP contribution in [0, 0.1) is 6.92 Å². The van der Waals surface area contributed by atoms with Gasteiger partial charge in [0, 0.05) is 6.54 Å². The number of hydrogen-bond donors (Lipinski definition) is 1. The lowest BCUT2D eigenvalue weighted by molar-refractivity contribution is -0.121. The van der Waals surface area contributed by atoms with Crippen LogP contribution in [0.25, 0.3) is 0 Å². The van der Waals surface area contributed by atoms with E-state index in [9.17, 15) is 4.79 Å². The summed E-state index contributed by atoms with van der Waals surface area (Å²) in [5.74, 6) is -0.0255. The largest absolute Gasteiger partial charge is 0.354 e. The van der Waals surface area contributed by atoms with Crippen molar-refractivity contribution in [3.8, 4) is 0 Å². The number of halogens is 1. The standard InChI is InChI=1S/C13H23ClN4O/c1-4-17(5-2)8-6-7-15-13(19)10-18-11(3)12(14)9-16-18/h9H,4-8,10H2,1-3H3,(H,15,19). The Bertz CT molecular complexity index is 401. The molecule has 1 amide bonds. The van der Waals surface area contributed by atoms with E-state index in [4.69, 9.17) is 11.6 Å². The van der Waals surface area contributed by atoms with Crippen LogP contribution in [-0.4, -0.2) is 46.8 Å². The molecular formula is C13H23ClN4O. The monoisotopic (exact) mass is 286 g/mol. The normalized spacial score (nSPS) is 11.0. The molecule has 0 bridgehead atoms. The summed E-state index contributed by atoms with van der Waals surface area (Å²) in [5, 5.41) is 7.55. The molecule has 1 aromatic heterocycles. The second-order valence-electron chi connectivity index (χ2n) is 4.47. The van der Waals surface area contributed by atoms with Gasteiger partial charge in [0.15, 0.2) is 0 Å². The second-order valence-corrected chi connectivity index (χ2v) is 4.87. The molecule has 0 saturated heterocycles. The van der Waals surface area contributed by atoms with Crippen molar-refractivity contribution in [2.45, 2.75) is 33.7 Å². The first kappa shape index (κ1) is 16.0. The molecule has 1 N–H and O–H groups in total. The Kier molecular flexibility index (Phi) is 6.87. The lowest BCUT2D eigenvalue weighted by atomic mass is 10.3. The van der Waals surface area contributed by atoms with Gasteiger partial charge in [-0.15, -0.1) is 0 Å². The van der Waals surface area contributed by atoms with E-state index >= 15 is 0 Å². The Hall–Kier alpha value is -1.07. The average Bonchev–Trinajstić information content (AvgIpc) is 2.71. The predicted octanol–water partition coefficient (Wildman–Crippen LogP) is 1.69. The Labute approximate surface area is 119 Å². The number of hydrogen-bond acceptors (Lipinski definition) is 3. The first-order valence-corrected chi connectivity index (χ1v) is 7.13. The van der Waals surface area contributed by atoms with Gasteiger partial charge in [0.2, 0.25) is 5.91 Å². The van der Waals surface area contributed by atoms with Gasteiger partial charge in [0.1, 0.15) is 6.54 Å². The van der Waals surface area contributed by atoms with Gasteiger partial charge in [0.05, 0.1) is 16.9 Å². The number of aromatic nitrogens is 2. The zero-order valence-electron chi connectivity index (χ0n) is 11.9. The Morgan fingerprint density at radius 2 is 2.16 bits per heavy atom. The highest BCUT2D eigenvalue weighted by molar-refractivity contribution is 6.31. The number of nitrogens with zero attached hydrogens (tertiary/aromatic N) is 3. The number of rotatable bonds is 8. The smallest absolute Gasteiger partial charge is 0.241 e. The molecule has 0 spiro atoms. The Morgan fingerprint density at radius 1 is 1.47 bits per heavy atom. The lowest BCUT2D eigenvalue weighted by Crippen LogP contribution is -2.32. The molecule has 1 heterocycles. The van der Waals surface area contributed by atoms with Crippen LogP contribution in [0.3, 0.4) is 0 Å². The van der Waals surface area contributed by atoms with E-state index in [2.05, 4.69) is 29.2 Å². The fourth-order valence-electron chi connectivity index (χ4n) is 1.85. The third kappa shape index (κ3) is 5.20. The van der Waals surface area contributed by atoms with Gasteiger partial charge in [-0.05, 0) is 33.0 Å². The van der Waals surface area contributed by atoms with E-state index in [1.807, 2.05) is 6.92 Å². The van der Waals surface area contributed by atoms with Crippen LogP contribution in [0.1, 0.15) is 26.0 Å².